The van der Waals surface area contributed by atoms with Gasteiger partial charge in [0.25, 0.3) is 0 Å². The molecule has 0 saturated heterocycles. The number of hydrogen-bond acceptors (Lipinski definition) is 1. The second-order valence-electron chi connectivity index (χ2n) is 4.47. The van der Waals surface area contributed by atoms with Gasteiger partial charge in [-0.25, -0.2) is 0 Å². The van der Waals surface area contributed by atoms with Crippen LogP contribution in [0, 0.1) is 5.41 Å². The topological polar surface area (TPSA) is 9.23 Å². The average Bonchev–Trinajstić information content (AvgIpc) is 1.77. The zero-order chi connectivity index (χ0) is 10.9. The molecule has 1 nitrogen and oxygen atoms in total. The molecule has 0 fully saturated rings. The van der Waals surface area contributed by atoms with Gasteiger partial charge in [0.1, 0.15) is 0 Å². The Hall–Kier alpha value is -0.250. The molecule has 0 heterocycles. The average molecular weight is 198 g/mol. The van der Waals surface area contributed by atoms with Crippen molar-refractivity contribution in [1.29, 1.82) is 0 Å². The van der Waals surface area contributed by atoms with E-state index in [4.69, 9.17) is 4.74 Å². The predicted octanol–water partition coefficient (Wildman–Crippen LogP) is 3.39. The Labute approximate surface area is 77.3 Å². The summed E-state index contributed by atoms with van der Waals surface area (Å²) in [6.07, 6.45) is -6.39. The number of hydrogen-bond donors (Lipinski definition) is 0. The normalized spacial score (nSPS) is 16.4. The molecule has 0 radical (unpaired) electrons. The third kappa shape index (κ3) is 4.50. The van der Waals surface area contributed by atoms with Gasteiger partial charge in [-0.3, -0.25) is 0 Å². The smallest absolute Gasteiger partial charge is 0.366 e. The fourth-order valence-corrected chi connectivity index (χ4v) is 1.04. The summed E-state index contributed by atoms with van der Waals surface area (Å²) < 4.78 is 42.2. The van der Waals surface area contributed by atoms with Crippen molar-refractivity contribution in [3.05, 3.63) is 0 Å². The third-order valence-electron chi connectivity index (χ3n) is 1.49. The van der Waals surface area contributed by atoms with Gasteiger partial charge in [0.2, 0.25) is 0 Å². The van der Waals surface area contributed by atoms with Gasteiger partial charge in [0.15, 0.2) is 6.10 Å². The van der Waals surface area contributed by atoms with Crippen molar-refractivity contribution < 1.29 is 17.9 Å². The van der Waals surface area contributed by atoms with Crippen LogP contribution in [0.1, 0.15) is 34.6 Å². The first-order valence-corrected chi connectivity index (χ1v) is 4.27. The summed E-state index contributed by atoms with van der Waals surface area (Å²) in [6.45, 7) is 7.77. The summed E-state index contributed by atoms with van der Waals surface area (Å²) >= 11 is 0. The molecule has 13 heavy (non-hydrogen) atoms. The zero-order valence-electron chi connectivity index (χ0n) is 8.70. The van der Waals surface area contributed by atoms with E-state index >= 15 is 0 Å². The molecule has 4 heteroatoms. The molecule has 0 bridgehead atoms. The largest absolute Gasteiger partial charge is 0.415 e. The van der Waals surface area contributed by atoms with E-state index in [2.05, 4.69) is 0 Å². The van der Waals surface area contributed by atoms with E-state index in [9.17, 15) is 13.2 Å². The molecule has 0 saturated carbocycles. The highest BCUT2D eigenvalue weighted by atomic mass is 19.4. The first-order chi connectivity index (χ1) is 5.55. The minimum atomic E-state index is -4.29. The Morgan fingerprint density at radius 3 is 1.46 bits per heavy atom. The van der Waals surface area contributed by atoms with Crippen LogP contribution in [0.15, 0.2) is 0 Å². The summed E-state index contributed by atoms with van der Waals surface area (Å²) in [4.78, 5) is 0. The molecule has 1 unspecified atom stereocenters. The number of ether oxygens (including phenoxy) is 1. The van der Waals surface area contributed by atoms with Crippen molar-refractivity contribution in [3.63, 3.8) is 0 Å². The Morgan fingerprint density at radius 2 is 1.38 bits per heavy atom. The summed E-state index contributed by atoms with van der Waals surface area (Å²) in [5, 5.41) is 0. The van der Waals surface area contributed by atoms with Crippen molar-refractivity contribution in [1.82, 2.24) is 0 Å². The van der Waals surface area contributed by atoms with Crippen LogP contribution in [0.5, 0.6) is 0 Å². The van der Waals surface area contributed by atoms with Gasteiger partial charge in [-0.2, -0.15) is 13.2 Å². The lowest BCUT2D eigenvalue weighted by molar-refractivity contribution is -0.257. The summed E-state index contributed by atoms with van der Waals surface area (Å²) in [5.74, 6) is 0. The van der Waals surface area contributed by atoms with Crippen molar-refractivity contribution >= 4 is 0 Å². The van der Waals surface area contributed by atoms with Crippen molar-refractivity contribution in [2.24, 2.45) is 5.41 Å². The number of rotatable bonds is 2. The van der Waals surface area contributed by atoms with Gasteiger partial charge in [-0.15, -0.1) is 0 Å². The highest BCUT2D eigenvalue weighted by molar-refractivity contribution is 4.81. The minimum Gasteiger partial charge on any atom is -0.366 e. The molecule has 0 N–H and O–H groups in total. The van der Waals surface area contributed by atoms with Crippen LogP contribution >= 0.6 is 0 Å². The fourth-order valence-electron chi connectivity index (χ4n) is 1.04. The molecule has 0 aliphatic rings. The number of alkyl halides is 3. The first-order valence-electron chi connectivity index (χ1n) is 4.27. The van der Waals surface area contributed by atoms with Crippen LogP contribution in [0.3, 0.4) is 0 Å². The summed E-state index contributed by atoms with van der Waals surface area (Å²) in [6, 6.07) is 0. The highest BCUT2D eigenvalue weighted by Crippen LogP contribution is 2.36. The highest BCUT2D eigenvalue weighted by Gasteiger charge is 2.48. The van der Waals surface area contributed by atoms with E-state index in [1.54, 1.807) is 13.8 Å². The molecule has 0 amide bonds. The monoisotopic (exact) mass is 198 g/mol. The summed E-state index contributed by atoms with van der Waals surface area (Å²) in [5.41, 5.74) is -0.914. The van der Waals surface area contributed by atoms with E-state index in [1.165, 1.54) is 20.8 Å². The van der Waals surface area contributed by atoms with Crippen molar-refractivity contribution in [2.45, 2.75) is 53.0 Å². The van der Waals surface area contributed by atoms with E-state index < -0.39 is 23.8 Å². The number of halogens is 3. The van der Waals surface area contributed by atoms with Crippen LogP contribution in [0.2, 0.25) is 0 Å². The van der Waals surface area contributed by atoms with Crippen molar-refractivity contribution in [2.75, 3.05) is 0 Å². The standard InChI is InChI=1S/C9H17F3O/c1-6(2)13-7(8(3,4)5)9(10,11)12/h6-7H,1-5H3. The van der Waals surface area contributed by atoms with E-state index in [0.717, 1.165) is 0 Å². The lowest BCUT2D eigenvalue weighted by Crippen LogP contribution is -2.43. The third-order valence-corrected chi connectivity index (χ3v) is 1.49. The molecular formula is C9H17F3O. The molecule has 0 aliphatic carbocycles. The van der Waals surface area contributed by atoms with Gasteiger partial charge in [-0.05, 0) is 19.3 Å². The van der Waals surface area contributed by atoms with Crippen molar-refractivity contribution in [3.8, 4) is 0 Å². The van der Waals surface area contributed by atoms with Crippen LogP contribution in [0.25, 0.3) is 0 Å². The predicted molar refractivity (Wildman–Crippen MR) is 45.5 cm³/mol. The molecule has 0 aromatic rings. The Bertz CT molecular complexity index is 141. The van der Waals surface area contributed by atoms with Crippen LogP contribution < -0.4 is 0 Å². The first kappa shape index (κ1) is 12.8. The fraction of sp³-hybridized carbons (Fsp3) is 1.00. The molecule has 1 atom stereocenters. The van der Waals surface area contributed by atoms with Gasteiger partial charge >= 0.3 is 6.18 Å². The van der Waals surface area contributed by atoms with E-state index in [-0.39, 0.29) is 0 Å². The second-order valence-corrected chi connectivity index (χ2v) is 4.47. The SMILES string of the molecule is CC(C)OC(C(C)(C)C)C(F)(F)F. The lowest BCUT2D eigenvalue weighted by atomic mass is 9.88. The molecule has 0 spiro atoms. The molecule has 0 rings (SSSR count). The Morgan fingerprint density at radius 1 is 1.00 bits per heavy atom. The maximum Gasteiger partial charge on any atom is 0.415 e. The maximum atomic E-state index is 12.5. The van der Waals surface area contributed by atoms with Gasteiger partial charge in [0.05, 0.1) is 6.10 Å². The molecule has 80 valence electrons. The van der Waals surface area contributed by atoms with Gasteiger partial charge in [-0.1, -0.05) is 20.8 Å². The molecule has 0 aliphatic heterocycles. The Kier molecular flexibility index (Phi) is 3.79. The maximum absolute atomic E-state index is 12.5. The van der Waals surface area contributed by atoms with E-state index in [1.807, 2.05) is 0 Å². The second kappa shape index (κ2) is 3.86. The van der Waals surface area contributed by atoms with Crippen LogP contribution in [-0.4, -0.2) is 18.4 Å². The van der Waals surface area contributed by atoms with Crippen LogP contribution in [0.4, 0.5) is 13.2 Å². The lowest BCUT2D eigenvalue weighted by Gasteiger charge is -2.33. The minimum absolute atomic E-state index is 0.411. The molecule has 0 aromatic carbocycles. The Balaban J connectivity index is 4.58. The zero-order valence-corrected chi connectivity index (χ0v) is 8.70. The molecule has 0 aromatic heterocycles. The quantitative estimate of drug-likeness (QED) is 0.660. The van der Waals surface area contributed by atoms with E-state index in [0.29, 0.717) is 0 Å². The summed E-state index contributed by atoms with van der Waals surface area (Å²) in [7, 11) is 0. The van der Waals surface area contributed by atoms with Gasteiger partial charge in [0, 0.05) is 0 Å². The van der Waals surface area contributed by atoms with Gasteiger partial charge < -0.3 is 4.74 Å². The molecular weight excluding hydrogens is 181 g/mol. The van der Waals surface area contributed by atoms with Crippen LogP contribution in [-0.2, 0) is 4.74 Å².